The molecule has 0 radical (unpaired) electrons. The molecule has 0 saturated carbocycles. The first kappa shape index (κ1) is 16.7. The van der Waals surface area contributed by atoms with Crippen LogP contribution < -0.4 is 5.32 Å². The van der Waals surface area contributed by atoms with Crippen LogP contribution in [0.4, 0.5) is 5.69 Å². The normalized spacial score (nSPS) is 11.9. The second-order valence-corrected chi connectivity index (χ2v) is 5.43. The highest BCUT2D eigenvalue weighted by atomic mass is 35.5. The minimum atomic E-state index is -0.454. The molecule has 0 aromatic heterocycles. The molecule has 0 atom stereocenters. The van der Waals surface area contributed by atoms with Gasteiger partial charge in [-0.2, -0.15) is 0 Å². The van der Waals surface area contributed by atoms with E-state index in [9.17, 15) is 10.1 Å². The van der Waals surface area contributed by atoms with Crippen molar-refractivity contribution < 1.29 is 4.92 Å². The quantitative estimate of drug-likeness (QED) is 0.464. The number of nitro groups is 1. The van der Waals surface area contributed by atoms with E-state index in [4.69, 9.17) is 11.6 Å². The number of hydrogen-bond donors (Lipinski definition) is 1. The largest absolute Gasteiger partial charge is 0.313 e. The van der Waals surface area contributed by atoms with Crippen LogP contribution >= 0.6 is 11.6 Å². The predicted octanol–water partition coefficient (Wildman–Crippen LogP) is 4.29. The van der Waals surface area contributed by atoms with Crippen LogP contribution in [0.25, 0.3) is 6.08 Å². The zero-order chi connectivity index (χ0) is 15.1. The zero-order valence-electron chi connectivity index (χ0n) is 12.1. The summed E-state index contributed by atoms with van der Waals surface area (Å²) in [4.78, 5) is 10.4. The monoisotopic (exact) mass is 296 g/mol. The van der Waals surface area contributed by atoms with Crippen molar-refractivity contribution in [3.63, 3.8) is 0 Å². The molecule has 0 heterocycles. The number of halogens is 1. The highest BCUT2D eigenvalue weighted by molar-refractivity contribution is 6.32. The van der Waals surface area contributed by atoms with Crippen LogP contribution in [0.15, 0.2) is 23.8 Å². The van der Waals surface area contributed by atoms with E-state index in [0.29, 0.717) is 5.92 Å². The first-order valence-corrected chi connectivity index (χ1v) is 7.18. The highest BCUT2D eigenvalue weighted by Gasteiger charge is 2.12. The molecular weight excluding hydrogens is 276 g/mol. The van der Waals surface area contributed by atoms with Crippen LogP contribution in [0.5, 0.6) is 0 Å². The van der Waals surface area contributed by atoms with Gasteiger partial charge in [-0.3, -0.25) is 10.1 Å². The van der Waals surface area contributed by atoms with Gasteiger partial charge in [0.15, 0.2) is 0 Å². The third-order valence-corrected chi connectivity index (χ3v) is 3.34. The molecule has 1 aromatic rings. The molecule has 20 heavy (non-hydrogen) atoms. The molecule has 0 spiro atoms. The van der Waals surface area contributed by atoms with Gasteiger partial charge in [0.25, 0.3) is 5.69 Å². The van der Waals surface area contributed by atoms with E-state index < -0.39 is 4.92 Å². The third kappa shape index (κ3) is 4.94. The van der Waals surface area contributed by atoms with Crippen LogP contribution in [-0.4, -0.2) is 18.0 Å². The maximum atomic E-state index is 10.9. The average Bonchev–Trinajstić information content (AvgIpc) is 2.39. The van der Waals surface area contributed by atoms with Gasteiger partial charge in [0, 0.05) is 12.6 Å². The van der Waals surface area contributed by atoms with Crippen LogP contribution in [-0.2, 0) is 0 Å². The zero-order valence-corrected chi connectivity index (χ0v) is 12.9. The van der Waals surface area contributed by atoms with Gasteiger partial charge in [-0.15, -0.1) is 0 Å². The third-order valence-electron chi connectivity index (χ3n) is 3.02. The summed E-state index contributed by atoms with van der Waals surface area (Å²) in [6, 6.07) is 4.89. The van der Waals surface area contributed by atoms with Crippen LogP contribution in [0.2, 0.25) is 5.02 Å². The van der Waals surface area contributed by atoms with E-state index >= 15 is 0 Å². The van der Waals surface area contributed by atoms with Gasteiger partial charge in [-0.25, -0.2) is 0 Å². The summed E-state index contributed by atoms with van der Waals surface area (Å²) in [6.07, 6.45) is 3.08. The van der Waals surface area contributed by atoms with Gasteiger partial charge in [0.1, 0.15) is 5.02 Å². The molecule has 0 unspecified atom stereocenters. The Morgan fingerprint density at radius 1 is 1.50 bits per heavy atom. The van der Waals surface area contributed by atoms with Crippen molar-refractivity contribution in [3.8, 4) is 0 Å². The van der Waals surface area contributed by atoms with Gasteiger partial charge in [0.2, 0.25) is 0 Å². The Kier molecular flexibility index (Phi) is 6.68. The summed E-state index contributed by atoms with van der Waals surface area (Å²) in [5.74, 6) is 0.383. The smallest absolute Gasteiger partial charge is 0.288 e. The van der Waals surface area contributed by atoms with Gasteiger partial charge >= 0.3 is 0 Å². The molecule has 0 bridgehead atoms. The molecule has 0 fully saturated rings. The lowest BCUT2D eigenvalue weighted by Gasteiger charge is -2.12. The summed E-state index contributed by atoms with van der Waals surface area (Å²) in [6.45, 7) is 8.11. The fourth-order valence-electron chi connectivity index (χ4n) is 1.80. The second-order valence-electron chi connectivity index (χ2n) is 5.02. The van der Waals surface area contributed by atoms with E-state index in [1.54, 1.807) is 12.1 Å². The molecule has 0 amide bonds. The minimum absolute atomic E-state index is 0.0509. The molecule has 0 aliphatic rings. The van der Waals surface area contributed by atoms with Crippen molar-refractivity contribution in [2.45, 2.75) is 27.2 Å². The number of nitro benzene ring substituents is 1. The first-order chi connectivity index (χ1) is 9.45. The maximum absolute atomic E-state index is 10.9. The molecule has 0 aliphatic carbocycles. The minimum Gasteiger partial charge on any atom is -0.313 e. The Labute approximate surface area is 125 Å². The Hall–Kier alpha value is -1.39. The standard InChI is InChI=1S/C15H21ClN2O2/c1-4-7-17-10-13(11(2)3)8-12-5-6-14(16)15(9-12)18(19)20/h5-6,8-9,11,17H,4,7,10H2,1-3H3. The Morgan fingerprint density at radius 2 is 2.20 bits per heavy atom. The Balaban J connectivity index is 2.98. The molecule has 0 aliphatic heterocycles. The lowest BCUT2D eigenvalue weighted by molar-refractivity contribution is -0.384. The number of nitrogens with zero attached hydrogens (tertiary/aromatic N) is 1. The topological polar surface area (TPSA) is 55.2 Å². The van der Waals surface area contributed by atoms with Gasteiger partial charge in [-0.05, 0) is 30.5 Å². The molecular formula is C15H21ClN2O2. The second kappa shape index (κ2) is 8.02. The first-order valence-electron chi connectivity index (χ1n) is 6.80. The van der Waals surface area contributed by atoms with E-state index in [1.807, 2.05) is 6.08 Å². The maximum Gasteiger partial charge on any atom is 0.288 e. The summed E-state index contributed by atoms with van der Waals surface area (Å²) in [7, 11) is 0. The summed E-state index contributed by atoms with van der Waals surface area (Å²) >= 11 is 5.82. The highest BCUT2D eigenvalue weighted by Crippen LogP contribution is 2.26. The van der Waals surface area contributed by atoms with Gasteiger partial charge < -0.3 is 5.32 Å². The predicted molar refractivity (Wildman–Crippen MR) is 84.1 cm³/mol. The van der Waals surface area contributed by atoms with E-state index in [0.717, 1.165) is 25.1 Å². The van der Waals surface area contributed by atoms with Crippen molar-refractivity contribution in [2.75, 3.05) is 13.1 Å². The number of hydrogen-bond acceptors (Lipinski definition) is 3. The number of benzene rings is 1. The van der Waals surface area contributed by atoms with Crippen LogP contribution in [0, 0.1) is 16.0 Å². The van der Waals surface area contributed by atoms with Crippen molar-refractivity contribution in [3.05, 3.63) is 44.5 Å². The SMILES string of the molecule is CCCNCC(=Cc1ccc(Cl)c([N+](=O)[O-])c1)C(C)C. The summed E-state index contributed by atoms with van der Waals surface area (Å²) in [5.41, 5.74) is 1.98. The number of rotatable bonds is 7. The molecule has 1 rings (SSSR count). The molecule has 5 heteroatoms. The van der Waals surface area contributed by atoms with E-state index in [1.165, 1.54) is 11.6 Å². The van der Waals surface area contributed by atoms with E-state index in [2.05, 4.69) is 26.1 Å². The Morgan fingerprint density at radius 3 is 2.75 bits per heavy atom. The lowest BCUT2D eigenvalue weighted by Crippen LogP contribution is -2.19. The van der Waals surface area contributed by atoms with Crippen molar-refractivity contribution in [2.24, 2.45) is 5.92 Å². The molecule has 4 nitrogen and oxygen atoms in total. The molecule has 110 valence electrons. The summed E-state index contributed by atoms with van der Waals surface area (Å²) < 4.78 is 0. The Bertz CT molecular complexity index is 499. The lowest BCUT2D eigenvalue weighted by atomic mass is 10.00. The van der Waals surface area contributed by atoms with Gasteiger partial charge in [-0.1, -0.05) is 50.1 Å². The molecule has 1 N–H and O–H groups in total. The number of nitrogens with one attached hydrogen (secondary N) is 1. The van der Waals surface area contributed by atoms with Crippen LogP contribution in [0.1, 0.15) is 32.8 Å². The average molecular weight is 297 g/mol. The van der Waals surface area contributed by atoms with Crippen molar-refractivity contribution in [1.29, 1.82) is 0 Å². The van der Waals surface area contributed by atoms with Crippen LogP contribution in [0.3, 0.4) is 0 Å². The van der Waals surface area contributed by atoms with E-state index in [-0.39, 0.29) is 10.7 Å². The molecule has 0 saturated heterocycles. The fraction of sp³-hybridized carbons (Fsp3) is 0.467. The fourth-order valence-corrected chi connectivity index (χ4v) is 1.99. The van der Waals surface area contributed by atoms with Crippen molar-refractivity contribution >= 4 is 23.4 Å². The summed E-state index contributed by atoms with van der Waals surface area (Å²) in [5, 5.41) is 14.4. The van der Waals surface area contributed by atoms with Crippen molar-refractivity contribution in [1.82, 2.24) is 5.32 Å². The van der Waals surface area contributed by atoms with Gasteiger partial charge in [0.05, 0.1) is 4.92 Å². The molecule has 1 aromatic carbocycles.